The highest BCUT2D eigenvalue weighted by atomic mass is 15.0. The molecule has 0 atom stereocenters. The summed E-state index contributed by atoms with van der Waals surface area (Å²) in [5.41, 5.74) is 8.48. The number of aromatic nitrogens is 1. The Morgan fingerprint density at radius 2 is 1.00 bits per heavy atom. The Balaban J connectivity index is 1.38. The predicted octanol–water partition coefficient (Wildman–Crippen LogP) is 8.62. The van der Waals surface area contributed by atoms with Gasteiger partial charge in [0.15, 0.2) is 0 Å². The Kier molecular flexibility index (Phi) is 4.86. The summed E-state index contributed by atoms with van der Waals surface area (Å²) >= 11 is 0. The smallest absolute Gasteiger partial charge is 0.0541 e. The Hall–Kier alpha value is -4.36. The van der Waals surface area contributed by atoms with Gasteiger partial charge in [0.25, 0.3) is 0 Å². The third-order valence-electron chi connectivity index (χ3n) is 6.20. The van der Waals surface area contributed by atoms with Crippen molar-refractivity contribution in [1.29, 1.82) is 0 Å². The molecule has 0 saturated carbocycles. The van der Waals surface area contributed by atoms with Crippen molar-refractivity contribution >= 4 is 34.0 Å². The van der Waals surface area contributed by atoms with Crippen molar-refractivity contribution in [3.8, 4) is 16.8 Å². The lowest BCUT2D eigenvalue weighted by Gasteiger charge is -2.10. The lowest BCUT2D eigenvalue weighted by atomic mass is 10.0. The summed E-state index contributed by atoms with van der Waals surface area (Å²) in [6, 6.07) is 45.3. The zero-order chi connectivity index (χ0) is 22.0. The molecular weight excluding hydrogens is 398 g/mol. The van der Waals surface area contributed by atoms with Crippen LogP contribution in [0.4, 0.5) is 0 Å². The fraction of sp³-hybridized carbons (Fsp3) is 0. The number of benzene rings is 5. The van der Waals surface area contributed by atoms with Crippen LogP contribution >= 0.6 is 0 Å². The van der Waals surface area contributed by atoms with Gasteiger partial charge in [-0.05, 0) is 46.5 Å². The van der Waals surface area contributed by atoms with Gasteiger partial charge in [0.1, 0.15) is 0 Å². The van der Waals surface area contributed by atoms with Crippen LogP contribution in [-0.4, -0.2) is 4.57 Å². The topological polar surface area (TPSA) is 4.93 Å². The van der Waals surface area contributed by atoms with Crippen LogP contribution in [0.25, 0.3) is 50.8 Å². The quantitative estimate of drug-likeness (QED) is 0.251. The Labute approximate surface area is 193 Å². The molecule has 0 fully saturated rings. The molecule has 0 radical (unpaired) electrons. The van der Waals surface area contributed by atoms with Gasteiger partial charge in [-0.1, -0.05) is 115 Å². The Bertz CT molecular complexity index is 1530. The molecule has 1 heterocycles. The van der Waals surface area contributed by atoms with Gasteiger partial charge in [-0.25, -0.2) is 0 Å². The van der Waals surface area contributed by atoms with E-state index in [-0.39, 0.29) is 0 Å². The highest BCUT2D eigenvalue weighted by molar-refractivity contribution is 6.09. The van der Waals surface area contributed by atoms with Crippen LogP contribution in [0.15, 0.2) is 127 Å². The summed E-state index contributed by atoms with van der Waals surface area (Å²) in [6.07, 6.45) is 4.31. The highest BCUT2D eigenvalue weighted by Gasteiger charge is 2.11. The summed E-state index contributed by atoms with van der Waals surface area (Å²) in [7, 11) is 0. The molecule has 1 heteroatoms. The second kappa shape index (κ2) is 8.29. The van der Waals surface area contributed by atoms with E-state index in [9.17, 15) is 0 Å². The molecule has 0 bridgehead atoms. The normalized spacial score (nSPS) is 11.5. The molecule has 156 valence electrons. The summed E-state index contributed by atoms with van der Waals surface area (Å²) in [5, 5.41) is 2.57. The van der Waals surface area contributed by atoms with E-state index in [0.29, 0.717) is 0 Å². The monoisotopic (exact) mass is 421 g/mol. The van der Waals surface area contributed by atoms with Gasteiger partial charge in [0.05, 0.1) is 11.0 Å². The molecule has 5 aromatic carbocycles. The number of rotatable bonds is 4. The van der Waals surface area contributed by atoms with Crippen LogP contribution in [0.1, 0.15) is 11.1 Å². The van der Waals surface area contributed by atoms with Crippen LogP contribution < -0.4 is 0 Å². The lowest BCUT2D eigenvalue weighted by Crippen LogP contribution is -1.94. The van der Waals surface area contributed by atoms with Crippen molar-refractivity contribution in [2.75, 3.05) is 0 Å². The molecule has 1 aromatic heterocycles. The Morgan fingerprint density at radius 3 is 1.67 bits per heavy atom. The number of para-hydroxylation sites is 2. The minimum atomic E-state index is 1.18. The fourth-order valence-electron chi connectivity index (χ4n) is 4.57. The molecule has 0 unspecified atom stereocenters. The average molecular weight is 422 g/mol. The number of nitrogens with zero attached hydrogens (tertiary/aromatic N) is 1. The van der Waals surface area contributed by atoms with Crippen LogP contribution in [0.3, 0.4) is 0 Å². The number of hydrogen-bond donors (Lipinski definition) is 0. The largest absolute Gasteiger partial charge is 0.309 e. The third-order valence-corrected chi connectivity index (χ3v) is 6.20. The van der Waals surface area contributed by atoms with Gasteiger partial charge < -0.3 is 4.57 Å². The van der Waals surface area contributed by atoms with Crippen LogP contribution in [0.2, 0.25) is 0 Å². The molecule has 6 aromatic rings. The molecule has 0 saturated heterocycles. The second-order valence-corrected chi connectivity index (χ2v) is 8.29. The van der Waals surface area contributed by atoms with E-state index < -0.39 is 0 Å². The van der Waals surface area contributed by atoms with E-state index in [1.54, 1.807) is 0 Å². The van der Waals surface area contributed by atoms with Crippen LogP contribution in [0.5, 0.6) is 0 Å². The summed E-state index contributed by atoms with van der Waals surface area (Å²) in [5.74, 6) is 0. The molecule has 0 N–H and O–H groups in total. The first kappa shape index (κ1) is 19.3. The summed E-state index contributed by atoms with van der Waals surface area (Å²) in [6.45, 7) is 0. The third kappa shape index (κ3) is 3.64. The molecule has 0 aliphatic heterocycles. The van der Waals surface area contributed by atoms with E-state index in [0.717, 1.165) is 0 Å². The van der Waals surface area contributed by atoms with Crippen LogP contribution in [-0.2, 0) is 0 Å². The standard InChI is InChI=1S/C32H23N/c1-2-9-24(10-3-1)17-18-25-19-21-26(22-20-25)27-11-8-12-28(23-27)33-31-15-6-4-13-29(31)30-14-5-7-16-32(30)33/h1-23H/b18-17+. The molecule has 0 aliphatic carbocycles. The first-order valence-electron chi connectivity index (χ1n) is 11.3. The first-order valence-corrected chi connectivity index (χ1v) is 11.3. The maximum atomic E-state index is 2.37. The lowest BCUT2D eigenvalue weighted by molar-refractivity contribution is 1.18. The van der Waals surface area contributed by atoms with Gasteiger partial charge in [0.2, 0.25) is 0 Å². The predicted molar refractivity (Wildman–Crippen MR) is 142 cm³/mol. The number of fused-ring (bicyclic) bond motifs is 3. The maximum absolute atomic E-state index is 2.37. The molecule has 1 nitrogen and oxygen atoms in total. The maximum Gasteiger partial charge on any atom is 0.0541 e. The van der Waals surface area contributed by atoms with Crippen molar-refractivity contribution in [1.82, 2.24) is 4.57 Å². The minimum Gasteiger partial charge on any atom is -0.309 e. The van der Waals surface area contributed by atoms with Gasteiger partial charge in [-0.2, -0.15) is 0 Å². The Morgan fingerprint density at radius 1 is 0.424 bits per heavy atom. The van der Waals surface area contributed by atoms with Crippen LogP contribution in [0, 0.1) is 0 Å². The van der Waals surface area contributed by atoms with E-state index in [1.807, 2.05) is 6.07 Å². The van der Waals surface area contributed by atoms with Gasteiger partial charge in [0, 0.05) is 16.5 Å². The molecule has 6 rings (SSSR count). The van der Waals surface area contributed by atoms with Crippen molar-refractivity contribution in [2.24, 2.45) is 0 Å². The van der Waals surface area contributed by atoms with Crippen molar-refractivity contribution in [3.05, 3.63) is 139 Å². The molecule has 0 aliphatic rings. The van der Waals surface area contributed by atoms with Gasteiger partial charge in [-0.15, -0.1) is 0 Å². The molecule has 0 amide bonds. The number of hydrogen-bond acceptors (Lipinski definition) is 0. The van der Waals surface area contributed by atoms with E-state index >= 15 is 0 Å². The zero-order valence-electron chi connectivity index (χ0n) is 18.2. The fourth-order valence-corrected chi connectivity index (χ4v) is 4.57. The average Bonchev–Trinajstić information content (AvgIpc) is 3.23. The highest BCUT2D eigenvalue weighted by Crippen LogP contribution is 2.33. The molecular formula is C32H23N. The SMILES string of the molecule is C(=C\c1ccc(-c2cccc(-n3c4ccccc4c4ccccc43)c2)cc1)/c1ccccc1. The summed E-state index contributed by atoms with van der Waals surface area (Å²) in [4.78, 5) is 0. The van der Waals surface area contributed by atoms with Crippen molar-refractivity contribution in [2.45, 2.75) is 0 Å². The minimum absolute atomic E-state index is 1.18. The van der Waals surface area contributed by atoms with E-state index in [2.05, 4.69) is 138 Å². The van der Waals surface area contributed by atoms with Crippen molar-refractivity contribution in [3.63, 3.8) is 0 Å². The molecule has 0 spiro atoms. The van der Waals surface area contributed by atoms with Crippen molar-refractivity contribution < 1.29 is 0 Å². The molecule has 33 heavy (non-hydrogen) atoms. The van der Waals surface area contributed by atoms with Gasteiger partial charge in [-0.3, -0.25) is 0 Å². The zero-order valence-corrected chi connectivity index (χ0v) is 18.2. The van der Waals surface area contributed by atoms with Gasteiger partial charge >= 0.3 is 0 Å². The summed E-state index contributed by atoms with van der Waals surface area (Å²) < 4.78 is 2.37. The van der Waals surface area contributed by atoms with E-state index in [1.165, 1.54) is 49.7 Å². The first-order chi connectivity index (χ1) is 16.4. The second-order valence-electron chi connectivity index (χ2n) is 8.29. The van der Waals surface area contributed by atoms with E-state index in [4.69, 9.17) is 0 Å².